The number of nitro groups is 1. The molecule has 126 valence electrons. The average molecular weight is 351 g/mol. The Kier molecular flexibility index (Phi) is 3.63. The van der Waals surface area contributed by atoms with E-state index in [1.54, 1.807) is 0 Å². The fourth-order valence-electron chi connectivity index (χ4n) is 3.10. The number of nitrogens with zero attached hydrogens (tertiary/aromatic N) is 1. The normalized spacial score (nSPS) is 26.0. The Hall–Kier alpha value is -2.42. The lowest BCUT2D eigenvalue weighted by molar-refractivity contribution is -0.385. The molecule has 3 rings (SSSR count). The van der Waals surface area contributed by atoms with Crippen LogP contribution < -0.4 is 0 Å². The van der Waals surface area contributed by atoms with Gasteiger partial charge in [0.05, 0.1) is 15.4 Å². The van der Waals surface area contributed by atoms with Gasteiger partial charge in [0.25, 0.3) is 5.69 Å². The summed E-state index contributed by atoms with van der Waals surface area (Å²) in [6.45, 7) is 0. The van der Waals surface area contributed by atoms with Crippen LogP contribution in [0.2, 0.25) is 0 Å². The first-order chi connectivity index (χ1) is 11.1. The largest absolute Gasteiger partial charge is 0.298 e. The summed E-state index contributed by atoms with van der Waals surface area (Å²) < 4.78 is 23.1. The Morgan fingerprint density at radius 1 is 1.29 bits per heavy atom. The summed E-state index contributed by atoms with van der Waals surface area (Å²) in [5.41, 5.74) is -1.14. The van der Waals surface area contributed by atoms with E-state index in [-0.39, 0.29) is 23.2 Å². The molecule has 24 heavy (non-hydrogen) atoms. The molecule has 2 aliphatic carbocycles. The Morgan fingerprint density at radius 2 is 1.96 bits per heavy atom. The average Bonchev–Trinajstić information content (AvgIpc) is 3.25. The molecule has 3 unspecified atom stereocenters. The van der Waals surface area contributed by atoms with Crippen molar-refractivity contribution in [3.05, 3.63) is 33.9 Å². The first-order valence-electron chi connectivity index (χ1n) is 7.20. The first-order valence-corrected chi connectivity index (χ1v) is 9.09. The second kappa shape index (κ2) is 5.30. The zero-order valence-electron chi connectivity index (χ0n) is 12.6. The topological polar surface area (TPSA) is 128 Å². The lowest BCUT2D eigenvalue weighted by Gasteiger charge is -2.17. The summed E-state index contributed by atoms with van der Waals surface area (Å²) in [7, 11) is -3.70. The van der Waals surface area contributed by atoms with E-state index >= 15 is 0 Å². The highest BCUT2D eigenvalue weighted by atomic mass is 32.2. The van der Waals surface area contributed by atoms with Crippen LogP contribution in [0.5, 0.6) is 0 Å². The molecule has 0 heterocycles. The number of hydrogen-bond acceptors (Lipinski definition) is 7. The van der Waals surface area contributed by atoms with Crippen molar-refractivity contribution >= 4 is 32.9 Å². The van der Waals surface area contributed by atoms with Crippen LogP contribution >= 0.6 is 0 Å². The van der Waals surface area contributed by atoms with Crippen molar-refractivity contribution in [3.8, 4) is 0 Å². The van der Waals surface area contributed by atoms with E-state index in [1.165, 1.54) is 0 Å². The van der Waals surface area contributed by atoms with Crippen LogP contribution in [-0.4, -0.2) is 36.9 Å². The number of sulfone groups is 1. The van der Waals surface area contributed by atoms with Crippen molar-refractivity contribution in [1.82, 2.24) is 0 Å². The quantitative estimate of drug-likeness (QED) is 0.342. The number of fused-ring (bicyclic) bond motifs is 1. The third-order valence-corrected chi connectivity index (χ3v) is 5.59. The predicted octanol–water partition coefficient (Wildman–Crippen LogP) is 0.975. The Morgan fingerprint density at radius 3 is 2.54 bits per heavy atom. The molecule has 0 saturated heterocycles. The number of carbonyl (C=O) groups excluding carboxylic acids is 3. The van der Waals surface area contributed by atoms with Gasteiger partial charge >= 0.3 is 0 Å². The van der Waals surface area contributed by atoms with Crippen LogP contribution in [0, 0.1) is 27.9 Å². The number of ketones is 3. The Bertz CT molecular complexity index is 902. The molecule has 9 heteroatoms. The zero-order valence-corrected chi connectivity index (χ0v) is 13.4. The number of carbonyl (C=O) groups is 3. The number of hydrogen-bond donors (Lipinski definition) is 0. The van der Waals surface area contributed by atoms with Crippen molar-refractivity contribution in [2.24, 2.45) is 17.8 Å². The van der Waals surface area contributed by atoms with Crippen LogP contribution in [0.25, 0.3) is 0 Å². The molecule has 1 aromatic carbocycles. The molecule has 0 aromatic heterocycles. The van der Waals surface area contributed by atoms with Gasteiger partial charge in [-0.15, -0.1) is 0 Å². The van der Waals surface area contributed by atoms with Gasteiger partial charge in [-0.05, 0) is 24.5 Å². The van der Waals surface area contributed by atoms with Gasteiger partial charge in [0.1, 0.15) is 5.92 Å². The molecule has 0 spiro atoms. The molecule has 0 aliphatic heterocycles. The van der Waals surface area contributed by atoms with Crippen molar-refractivity contribution in [2.45, 2.75) is 17.7 Å². The number of nitro benzene ring substituents is 1. The van der Waals surface area contributed by atoms with Gasteiger partial charge in [0, 0.05) is 24.7 Å². The van der Waals surface area contributed by atoms with E-state index in [0.29, 0.717) is 6.42 Å². The monoisotopic (exact) mass is 351 g/mol. The van der Waals surface area contributed by atoms with Gasteiger partial charge in [-0.3, -0.25) is 24.5 Å². The Balaban J connectivity index is 2.05. The molecule has 1 aromatic rings. The molecule has 0 radical (unpaired) electrons. The third kappa shape index (κ3) is 2.64. The van der Waals surface area contributed by atoms with Crippen LogP contribution in [0.1, 0.15) is 23.2 Å². The fraction of sp³-hybridized carbons (Fsp3) is 0.400. The summed E-state index contributed by atoms with van der Waals surface area (Å²) in [6.07, 6.45) is 1.58. The van der Waals surface area contributed by atoms with Gasteiger partial charge in [-0.25, -0.2) is 8.42 Å². The van der Waals surface area contributed by atoms with Crippen LogP contribution in [0.15, 0.2) is 23.1 Å². The molecule has 2 aliphatic rings. The van der Waals surface area contributed by atoms with Gasteiger partial charge < -0.3 is 0 Å². The minimum absolute atomic E-state index is 0.00311. The molecular weight excluding hydrogens is 338 g/mol. The van der Waals surface area contributed by atoms with Crippen molar-refractivity contribution in [1.29, 1.82) is 0 Å². The number of benzene rings is 1. The molecule has 0 amide bonds. The molecular formula is C15H13NO7S. The van der Waals surface area contributed by atoms with Gasteiger partial charge in [0.15, 0.2) is 27.2 Å². The maximum atomic E-state index is 12.6. The molecule has 3 atom stereocenters. The van der Waals surface area contributed by atoms with Crippen molar-refractivity contribution < 1.29 is 27.7 Å². The molecule has 2 fully saturated rings. The van der Waals surface area contributed by atoms with Gasteiger partial charge in [0.2, 0.25) is 0 Å². The lowest BCUT2D eigenvalue weighted by Crippen LogP contribution is -2.37. The minimum atomic E-state index is -3.70. The maximum absolute atomic E-state index is 12.6. The number of Topliss-reactive ketones (excluding diaryl/α,β-unsaturated/α-hetero) is 3. The maximum Gasteiger partial charge on any atom is 0.281 e. The van der Waals surface area contributed by atoms with E-state index in [9.17, 15) is 32.9 Å². The first kappa shape index (κ1) is 16.4. The van der Waals surface area contributed by atoms with Crippen molar-refractivity contribution in [2.75, 3.05) is 6.26 Å². The van der Waals surface area contributed by atoms with Crippen LogP contribution in [0.3, 0.4) is 0 Å². The SMILES string of the molecule is CS(=O)(=O)c1ccc(C(=O)C2C(=O)CC3CC3C2=O)c([N+](=O)[O-])c1. The number of rotatable bonds is 4. The summed E-state index contributed by atoms with van der Waals surface area (Å²) >= 11 is 0. The smallest absolute Gasteiger partial charge is 0.281 e. The van der Waals surface area contributed by atoms with Crippen molar-refractivity contribution in [3.63, 3.8) is 0 Å². The van der Waals surface area contributed by atoms with Crippen LogP contribution in [0.4, 0.5) is 5.69 Å². The van der Waals surface area contributed by atoms with E-state index in [2.05, 4.69) is 0 Å². The highest BCUT2D eigenvalue weighted by Crippen LogP contribution is 2.48. The summed E-state index contributed by atoms with van der Waals surface area (Å²) in [5.74, 6) is -3.77. The molecule has 0 N–H and O–H groups in total. The van der Waals surface area contributed by atoms with E-state index in [4.69, 9.17) is 0 Å². The molecule has 8 nitrogen and oxygen atoms in total. The molecule has 2 saturated carbocycles. The second-order valence-corrected chi connectivity index (χ2v) is 8.20. The van der Waals surface area contributed by atoms with Crippen LogP contribution in [-0.2, 0) is 19.4 Å². The van der Waals surface area contributed by atoms with E-state index in [1.807, 2.05) is 0 Å². The van der Waals surface area contributed by atoms with Gasteiger partial charge in [-0.2, -0.15) is 0 Å². The summed E-state index contributed by atoms with van der Waals surface area (Å²) in [6, 6.07) is 2.84. The zero-order chi connectivity index (χ0) is 17.8. The fourth-order valence-corrected chi connectivity index (χ4v) is 3.74. The third-order valence-electron chi connectivity index (χ3n) is 4.48. The molecule has 0 bridgehead atoms. The van der Waals surface area contributed by atoms with E-state index < -0.39 is 49.3 Å². The summed E-state index contributed by atoms with van der Waals surface area (Å²) in [5, 5.41) is 11.2. The second-order valence-electron chi connectivity index (χ2n) is 6.18. The minimum Gasteiger partial charge on any atom is -0.298 e. The highest BCUT2D eigenvalue weighted by molar-refractivity contribution is 7.90. The van der Waals surface area contributed by atoms with E-state index in [0.717, 1.165) is 24.5 Å². The Labute approximate surface area is 136 Å². The lowest BCUT2D eigenvalue weighted by atomic mass is 9.81. The summed E-state index contributed by atoms with van der Waals surface area (Å²) in [4.78, 5) is 46.8. The van der Waals surface area contributed by atoms with Gasteiger partial charge in [-0.1, -0.05) is 0 Å². The highest BCUT2D eigenvalue weighted by Gasteiger charge is 2.55. The standard InChI is InChI=1S/C15H13NO7S/c1-24(22,23)8-2-3-9(11(6-8)16(20)21)14(18)13-12(17)5-7-4-10(7)15(13)19/h2-3,6-7,10,13H,4-5H2,1H3. The predicted molar refractivity (Wildman–Crippen MR) is 80.3 cm³/mol.